The molecule has 1 aromatic heterocycles. The summed E-state index contributed by atoms with van der Waals surface area (Å²) in [5.41, 5.74) is 9.08. The summed E-state index contributed by atoms with van der Waals surface area (Å²) in [4.78, 5) is 15.6. The number of anilines is 1. The van der Waals surface area contributed by atoms with Gasteiger partial charge in [0.2, 0.25) is 0 Å². The van der Waals surface area contributed by atoms with E-state index < -0.39 is 12.0 Å². The molecule has 1 heterocycles. The highest BCUT2D eigenvalue weighted by Crippen LogP contribution is 2.38. The zero-order valence-electron chi connectivity index (χ0n) is 14.9. The van der Waals surface area contributed by atoms with Gasteiger partial charge in [-0.2, -0.15) is 0 Å². The van der Waals surface area contributed by atoms with Gasteiger partial charge in [-0.25, -0.2) is 18.6 Å². The van der Waals surface area contributed by atoms with Crippen LogP contribution in [0.5, 0.6) is 5.75 Å². The smallest absolute Gasteiger partial charge is 0.449 e. The van der Waals surface area contributed by atoms with Crippen LogP contribution in [0.1, 0.15) is 0 Å². The fraction of sp³-hybridized carbons (Fsp3) is 0. The molecule has 0 saturated carbocycles. The quantitative estimate of drug-likeness (QED) is 0.451. The summed E-state index contributed by atoms with van der Waals surface area (Å²) in [6.07, 6.45) is -1.56. The highest BCUT2D eigenvalue weighted by Gasteiger charge is 2.18. The van der Waals surface area contributed by atoms with Gasteiger partial charge in [-0.1, -0.05) is 36.4 Å². The average Bonchev–Trinajstić information content (AvgIpc) is 2.71. The van der Waals surface area contributed by atoms with Crippen LogP contribution in [0.2, 0.25) is 0 Å². The largest absolute Gasteiger partial charge is 0.511 e. The van der Waals surface area contributed by atoms with Gasteiger partial charge in [0.15, 0.2) is 5.75 Å². The van der Waals surface area contributed by atoms with Gasteiger partial charge < -0.3 is 15.6 Å². The van der Waals surface area contributed by atoms with Gasteiger partial charge in [-0.05, 0) is 41.5 Å². The van der Waals surface area contributed by atoms with Crippen molar-refractivity contribution in [1.82, 2.24) is 4.98 Å². The Balaban J connectivity index is 1.83. The van der Waals surface area contributed by atoms with Gasteiger partial charge in [0.05, 0.1) is 11.2 Å². The second-order valence-electron chi connectivity index (χ2n) is 6.32. The SMILES string of the molecule is Nc1c(-c2ccc(-c3ccc(F)cc3)cc2)nc2ccc(F)cc2c1OC(=O)O. The number of pyridine rings is 1. The van der Waals surface area contributed by atoms with Crippen LogP contribution in [0.3, 0.4) is 0 Å². The van der Waals surface area contributed by atoms with Crippen molar-refractivity contribution in [2.24, 2.45) is 0 Å². The molecule has 0 radical (unpaired) electrons. The Kier molecular flexibility index (Phi) is 4.56. The minimum Gasteiger partial charge on any atom is -0.449 e. The van der Waals surface area contributed by atoms with Crippen molar-refractivity contribution < 1.29 is 23.4 Å². The molecule has 0 aliphatic rings. The van der Waals surface area contributed by atoms with E-state index in [9.17, 15) is 13.6 Å². The average molecular weight is 392 g/mol. The van der Waals surface area contributed by atoms with Crippen molar-refractivity contribution in [3.05, 3.63) is 78.4 Å². The van der Waals surface area contributed by atoms with Crippen LogP contribution in [-0.2, 0) is 0 Å². The zero-order chi connectivity index (χ0) is 20.5. The molecule has 0 fully saturated rings. The summed E-state index contributed by atoms with van der Waals surface area (Å²) < 4.78 is 31.6. The number of carboxylic acid groups (broad SMARTS) is 1. The van der Waals surface area contributed by atoms with Crippen molar-refractivity contribution in [3.63, 3.8) is 0 Å². The lowest BCUT2D eigenvalue weighted by Gasteiger charge is -2.13. The third-order valence-corrected chi connectivity index (χ3v) is 4.46. The molecule has 5 nitrogen and oxygen atoms in total. The first-order valence-electron chi connectivity index (χ1n) is 8.58. The van der Waals surface area contributed by atoms with E-state index in [1.807, 2.05) is 12.1 Å². The summed E-state index contributed by atoms with van der Waals surface area (Å²) in [5.74, 6) is -1.05. The topological polar surface area (TPSA) is 85.4 Å². The molecule has 7 heteroatoms. The van der Waals surface area contributed by atoms with Gasteiger partial charge in [0.25, 0.3) is 0 Å². The molecule has 0 aliphatic carbocycles. The molecule has 0 atom stereocenters. The molecular weight excluding hydrogens is 378 g/mol. The van der Waals surface area contributed by atoms with E-state index in [-0.39, 0.29) is 22.6 Å². The molecular formula is C22H14F2N2O3. The predicted molar refractivity (Wildman–Crippen MR) is 106 cm³/mol. The maximum atomic E-state index is 13.6. The van der Waals surface area contributed by atoms with Gasteiger partial charge >= 0.3 is 6.16 Å². The number of nitrogens with two attached hydrogens (primary N) is 1. The van der Waals surface area contributed by atoms with Gasteiger partial charge in [-0.3, -0.25) is 0 Å². The Morgan fingerprint density at radius 3 is 2.03 bits per heavy atom. The number of carbonyl (C=O) groups is 1. The van der Waals surface area contributed by atoms with Gasteiger partial charge in [-0.15, -0.1) is 0 Å². The Hall–Kier alpha value is -4.00. The number of aromatic nitrogens is 1. The number of halogens is 2. The molecule has 4 aromatic rings. The van der Waals surface area contributed by atoms with Crippen LogP contribution in [0.4, 0.5) is 19.3 Å². The van der Waals surface area contributed by atoms with E-state index in [4.69, 9.17) is 15.6 Å². The van der Waals surface area contributed by atoms with Crippen LogP contribution in [0.25, 0.3) is 33.3 Å². The maximum absolute atomic E-state index is 13.6. The highest BCUT2D eigenvalue weighted by molar-refractivity contribution is 5.97. The maximum Gasteiger partial charge on any atom is 0.511 e. The Morgan fingerprint density at radius 2 is 1.41 bits per heavy atom. The third kappa shape index (κ3) is 3.58. The van der Waals surface area contributed by atoms with Crippen molar-refractivity contribution in [2.45, 2.75) is 0 Å². The number of fused-ring (bicyclic) bond motifs is 1. The summed E-state index contributed by atoms with van der Waals surface area (Å²) in [7, 11) is 0. The number of ether oxygens (including phenoxy) is 1. The van der Waals surface area contributed by atoms with Crippen molar-refractivity contribution in [2.75, 3.05) is 5.73 Å². The fourth-order valence-corrected chi connectivity index (χ4v) is 3.10. The van der Waals surface area contributed by atoms with Crippen LogP contribution < -0.4 is 10.5 Å². The summed E-state index contributed by atoms with van der Waals surface area (Å²) in [6, 6.07) is 17.0. The van der Waals surface area contributed by atoms with Crippen molar-refractivity contribution in [1.29, 1.82) is 0 Å². The Labute approximate surface area is 164 Å². The first-order chi connectivity index (χ1) is 13.9. The van der Waals surface area contributed by atoms with Crippen LogP contribution in [-0.4, -0.2) is 16.2 Å². The number of hydrogen-bond donors (Lipinski definition) is 2. The minimum absolute atomic E-state index is 0.0139. The summed E-state index contributed by atoms with van der Waals surface area (Å²) in [6.45, 7) is 0. The Morgan fingerprint density at radius 1 is 0.862 bits per heavy atom. The standard InChI is InChI=1S/C22H14F2N2O3/c23-15-7-5-13(6-8-15)12-1-3-14(4-2-12)20-19(25)21(29-22(27)28)17-11-16(24)9-10-18(17)26-20/h1-11H,25H2,(H,27,28). The molecule has 0 unspecified atom stereocenters. The normalized spacial score (nSPS) is 10.8. The highest BCUT2D eigenvalue weighted by atomic mass is 19.1. The lowest BCUT2D eigenvalue weighted by atomic mass is 10.0. The van der Waals surface area contributed by atoms with E-state index in [1.165, 1.54) is 24.3 Å². The first-order valence-corrected chi connectivity index (χ1v) is 8.58. The molecule has 3 aromatic carbocycles. The summed E-state index contributed by atoms with van der Waals surface area (Å²) in [5, 5.41) is 9.21. The van der Waals surface area contributed by atoms with Crippen LogP contribution in [0, 0.1) is 11.6 Å². The van der Waals surface area contributed by atoms with Crippen molar-refractivity contribution in [3.8, 4) is 28.1 Å². The first kappa shape index (κ1) is 18.4. The molecule has 144 valence electrons. The van der Waals surface area contributed by atoms with E-state index in [0.717, 1.165) is 17.2 Å². The second kappa shape index (κ2) is 7.20. The predicted octanol–water partition coefficient (Wildman–Crippen LogP) is 5.49. The van der Waals surface area contributed by atoms with E-state index in [1.54, 1.807) is 24.3 Å². The molecule has 4 rings (SSSR count). The molecule has 0 saturated heterocycles. The fourth-order valence-electron chi connectivity index (χ4n) is 3.10. The molecule has 29 heavy (non-hydrogen) atoms. The summed E-state index contributed by atoms with van der Waals surface area (Å²) >= 11 is 0. The number of nitrogen functional groups attached to an aromatic ring is 1. The number of rotatable bonds is 3. The zero-order valence-corrected chi connectivity index (χ0v) is 14.9. The third-order valence-electron chi connectivity index (χ3n) is 4.46. The molecule has 0 aliphatic heterocycles. The van der Waals surface area contributed by atoms with Gasteiger partial charge in [0, 0.05) is 10.9 Å². The second-order valence-corrected chi connectivity index (χ2v) is 6.32. The molecule has 3 N–H and O–H groups in total. The number of nitrogens with zero attached hydrogens (tertiary/aromatic N) is 1. The number of benzene rings is 3. The number of hydrogen-bond acceptors (Lipinski definition) is 4. The molecule has 0 amide bonds. The molecule has 0 spiro atoms. The van der Waals surface area contributed by atoms with Crippen molar-refractivity contribution >= 4 is 22.7 Å². The van der Waals surface area contributed by atoms with Gasteiger partial charge in [0.1, 0.15) is 17.3 Å². The van der Waals surface area contributed by atoms with Crippen LogP contribution in [0.15, 0.2) is 66.7 Å². The Bertz CT molecular complexity index is 1220. The van der Waals surface area contributed by atoms with Crippen LogP contribution >= 0.6 is 0 Å². The lowest BCUT2D eigenvalue weighted by molar-refractivity contribution is 0.145. The minimum atomic E-state index is -1.56. The lowest BCUT2D eigenvalue weighted by Crippen LogP contribution is -2.08. The monoisotopic (exact) mass is 392 g/mol. The van der Waals surface area contributed by atoms with E-state index in [2.05, 4.69) is 4.98 Å². The van der Waals surface area contributed by atoms with E-state index >= 15 is 0 Å². The molecule has 0 bridgehead atoms. The van der Waals surface area contributed by atoms with E-state index in [0.29, 0.717) is 16.8 Å².